The molecule has 6 aromatic rings. The van der Waals surface area contributed by atoms with Crippen molar-refractivity contribution in [2.24, 2.45) is 5.10 Å². The van der Waals surface area contributed by atoms with Gasteiger partial charge in [-0.25, -0.2) is 10.2 Å². The number of ether oxygens (including phenoxy) is 3. The predicted octanol–water partition coefficient (Wildman–Crippen LogP) is 7.64. The van der Waals surface area contributed by atoms with Gasteiger partial charge in [0.1, 0.15) is 11.4 Å². The van der Waals surface area contributed by atoms with E-state index >= 15 is 0 Å². The van der Waals surface area contributed by atoms with Gasteiger partial charge in [0.25, 0.3) is 5.91 Å². The fraction of sp³-hybridized carbons (Fsp3) is 0.0571. The van der Waals surface area contributed by atoms with Crippen LogP contribution in [0.2, 0.25) is 5.02 Å². The van der Waals surface area contributed by atoms with Gasteiger partial charge in [0, 0.05) is 26.9 Å². The molecule has 1 aromatic heterocycles. The zero-order chi connectivity index (χ0) is 30.6. The zero-order valence-electron chi connectivity index (χ0n) is 23.8. The molecule has 0 aliphatic heterocycles. The molecule has 0 saturated carbocycles. The van der Waals surface area contributed by atoms with E-state index in [0.29, 0.717) is 38.9 Å². The molecule has 0 aliphatic carbocycles. The molecule has 218 valence electrons. The molecule has 5 aromatic carbocycles. The van der Waals surface area contributed by atoms with Crippen LogP contribution in [0.15, 0.2) is 108 Å². The van der Waals surface area contributed by atoms with Crippen molar-refractivity contribution < 1.29 is 23.8 Å². The van der Waals surface area contributed by atoms with E-state index in [1.165, 1.54) is 13.3 Å². The standard InChI is InChI=1S/C35H26ClN3O5/c1-42-24-15-12-23(13-16-24)35(41)44-29-18-11-21(19-30(29)43-2)20-37-39-34(40)33-31(26-9-5-6-10-28(26)36)27-17-14-22-7-3-4-8-25(22)32(27)38-33/h3-20,38H,1-2H3,(H,39,40). The molecular formula is C35H26ClN3O5. The highest BCUT2D eigenvalue weighted by Gasteiger charge is 2.22. The molecule has 0 atom stereocenters. The van der Waals surface area contributed by atoms with Crippen molar-refractivity contribution in [1.82, 2.24) is 10.4 Å². The molecule has 0 aliphatic rings. The number of nitrogens with zero attached hydrogens (tertiary/aromatic N) is 1. The van der Waals surface area contributed by atoms with E-state index in [1.54, 1.807) is 55.6 Å². The number of hydrogen-bond acceptors (Lipinski definition) is 6. The number of nitrogens with one attached hydrogen (secondary N) is 2. The number of amides is 1. The van der Waals surface area contributed by atoms with E-state index in [2.05, 4.69) is 15.5 Å². The molecule has 0 saturated heterocycles. The number of fused-ring (bicyclic) bond motifs is 3. The van der Waals surface area contributed by atoms with Crippen molar-refractivity contribution >= 4 is 51.4 Å². The van der Waals surface area contributed by atoms with E-state index in [4.69, 9.17) is 25.8 Å². The lowest BCUT2D eigenvalue weighted by atomic mass is 9.99. The minimum Gasteiger partial charge on any atom is -0.497 e. The lowest BCUT2D eigenvalue weighted by molar-refractivity contribution is 0.0729. The Bertz CT molecular complexity index is 2050. The first-order valence-electron chi connectivity index (χ1n) is 13.6. The fourth-order valence-corrected chi connectivity index (χ4v) is 5.24. The van der Waals surface area contributed by atoms with Crippen molar-refractivity contribution in [1.29, 1.82) is 0 Å². The van der Waals surface area contributed by atoms with Gasteiger partial charge in [-0.05, 0) is 59.5 Å². The molecule has 0 fully saturated rings. The fourth-order valence-electron chi connectivity index (χ4n) is 5.01. The smallest absolute Gasteiger partial charge is 0.343 e. The summed E-state index contributed by atoms with van der Waals surface area (Å²) in [5.74, 6) is 0.219. The first kappa shape index (κ1) is 28.5. The summed E-state index contributed by atoms with van der Waals surface area (Å²) in [5.41, 5.74) is 6.18. The molecule has 0 unspecified atom stereocenters. The summed E-state index contributed by atoms with van der Waals surface area (Å²) in [6.07, 6.45) is 1.47. The summed E-state index contributed by atoms with van der Waals surface area (Å²) in [7, 11) is 3.02. The summed E-state index contributed by atoms with van der Waals surface area (Å²) in [6.45, 7) is 0. The number of H-pyrrole nitrogens is 1. The van der Waals surface area contributed by atoms with Crippen LogP contribution in [0.1, 0.15) is 26.4 Å². The highest BCUT2D eigenvalue weighted by atomic mass is 35.5. The summed E-state index contributed by atoms with van der Waals surface area (Å²) in [6, 6.07) is 30.9. The van der Waals surface area contributed by atoms with E-state index < -0.39 is 11.9 Å². The highest BCUT2D eigenvalue weighted by Crippen LogP contribution is 2.39. The normalized spacial score (nSPS) is 11.2. The Labute approximate surface area is 257 Å². The van der Waals surface area contributed by atoms with E-state index in [0.717, 1.165) is 27.2 Å². The Morgan fingerprint density at radius 3 is 2.36 bits per heavy atom. The molecule has 9 heteroatoms. The second kappa shape index (κ2) is 12.3. The average molecular weight is 604 g/mol. The van der Waals surface area contributed by atoms with Gasteiger partial charge in [0.05, 0.1) is 31.5 Å². The zero-order valence-corrected chi connectivity index (χ0v) is 24.5. The van der Waals surface area contributed by atoms with Gasteiger partial charge < -0.3 is 19.2 Å². The van der Waals surface area contributed by atoms with Gasteiger partial charge in [-0.2, -0.15) is 5.10 Å². The third kappa shape index (κ3) is 5.58. The van der Waals surface area contributed by atoms with Crippen LogP contribution in [0.3, 0.4) is 0 Å². The number of carbonyl (C=O) groups is 2. The molecule has 0 radical (unpaired) electrons. The topological polar surface area (TPSA) is 102 Å². The maximum Gasteiger partial charge on any atom is 0.343 e. The van der Waals surface area contributed by atoms with Gasteiger partial charge in [0.15, 0.2) is 11.5 Å². The monoisotopic (exact) mass is 603 g/mol. The minimum atomic E-state index is -0.542. The Morgan fingerprint density at radius 2 is 1.59 bits per heavy atom. The molecule has 6 rings (SSSR count). The van der Waals surface area contributed by atoms with Crippen LogP contribution in [0.4, 0.5) is 0 Å². The predicted molar refractivity (Wildman–Crippen MR) is 172 cm³/mol. The summed E-state index contributed by atoms with van der Waals surface area (Å²) in [5, 5.41) is 7.61. The molecule has 1 amide bonds. The van der Waals surface area contributed by atoms with Crippen molar-refractivity contribution in [3.63, 3.8) is 0 Å². The lowest BCUT2D eigenvalue weighted by Crippen LogP contribution is -2.19. The largest absolute Gasteiger partial charge is 0.497 e. The molecule has 44 heavy (non-hydrogen) atoms. The Balaban J connectivity index is 1.25. The Hall–Kier alpha value is -5.60. The molecule has 0 bridgehead atoms. The summed E-state index contributed by atoms with van der Waals surface area (Å²) in [4.78, 5) is 29.5. The SMILES string of the molecule is COc1ccc(C(=O)Oc2ccc(C=NNC(=O)c3[nH]c4c(ccc5ccccc54)c3-c3ccccc3Cl)cc2OC)cc1. The summed E-state index contributed by atoms with van der Waals surface area (Å²) < 4.78 is 16.1. The number of aromatic amines is 1. The van der Waals surface area contributed by atoms with Crippen molar-refractivity contribution in [3.8, 4) is 28.4 Å². The Morgan fingerprint density at radius 1 is 0.818 bits per heavy atom. The Kier molecular flexibility index (Phi) is 7.99. The van der Waals surface area contributed by atoms with Crippen molar-refractivity contribution in [2.75, 3.05) is 14.2 Å². The second-order valence-electron chi connectivity index (χ2n) is 9.79. The molecule has 8 nitrogen and oxygen atoms in total. The van der Waals surface area contributed by atoms with Crippen LogP contribution in [-0.2, 0) is 0 Å². The van der Waals surface area contributed by atoms with Gasteiger partial charge >= 0.3 is 5.97 Å². The quantitative estimate of drug-likeness (QED) is 0.0805. The van der Waals surface area contributed by atoms with Crippen molar-refractivity contribution in [3.05, 3.63) is 125 Å². The molecular weight excluding hydrogens is 578 g/mol. The number of carbonyl (C=O) groups excluding carboxylic acids is 2. The molecule has 1 heterocycles. The first-order chi connectivity index (χ1) is 21.5. The van der Waals surface area contributed by atoms with Crippen LogP contribution in [-0.4, -0.2) is 37.3 Å². The number of halogens is 1. The lowest BCUT2D eigenvalue weighted by Gasteiger charge is -2.10. The summed E-state index contributed by atoms with van der Waals surface area (Å²) >= 11 is 6.59. The number of hydrogen-bond donors (Lipinski definition) is 2. The third-order valence-electron chi connectivity index (χ3n) is 7.16. The third-order valence-corrected chi connectivity index (χ3v) is 7.49. The molecule has 0 spiro atoms. The van der Waals surface area contributed by atoms with Crippen molar-refractivity contribution in [2.45, 2.75) is 0 Å². The number of rotatable bonds is 8. The van der Waals surface area contributed by atoms with Crippen LogP contribution >= 0.6 is 11.6 Å². The number of aromatic nitrogens is 1. The number of benzene rings is 5. The van der Waals surface area contributed by atoms with Gasteiger partial charge in [-0.1, -0.05) is 66.2 Å². The highest BCUT2D eigenvalue weighted by molar-refractivity contribution is 6.34. The average Bonchev–Trinajstić information content (AvgIpc) is 3.45. The van der Waals surface area contributed by atoms with Gasteiger partial charge in [-0.3, -0.25) is 4.79 Å². The maximum absolute atomic E-state index is 13.5. The van der Waals surface area contributed by atoms with Crippen LogP contribution < -0.4 is 19.6 Å². The number of hydrazone groups is 1. The first-order valence-corrected chi connectivity index (χ1v) is 14.0. The van der Waals surface area contributed by atoms with Crippen LogP contribution in [0.5, 0.6) is 17.2 Å². The van der Waals surface area contributed by atoms with E-state index in [9.17, 15) is 9.59 Å². The number of methoxy groups -OCH3 is 2. The van der Waals surface area contributed by atoms with Gasteiger partial charge in [-0.15, -0.1) is 0 Å². The van der Waals surface area contributed by atoms with E-state index in [-0.39, 0.29) is 5.75 Å². The van der Waals surface area contributed by atoms with E-state index in [1.807, 2.05) is 54.6 Å². The molecule has 2 N–H and O–H groups in total. The number of esters is 1. The maximum atomic E-state index is 13.5. The van der Waals surface area contributed by atoms with Gasteiger partial charge in [0.2, 0.25) is 0 Å². The minimum absolute atomic E-state index is 0.240. The van der Waals surface area contributed by atoms with Crippen LogP contribution in [0, 0.1) is 0 Å². The second-order valence-corrected chi connectivity index (χ2v) is 10.2. The van der Waals surface area contributed by atoms with Crippen LogP contribution in [0.25, 0.3) is 32.8 Å².